The molecule has 0 spiro atoms. The third-order valence-electron chi connectivity index (χ3n) is 5.23. The molecule has 0 radical (unpaired) electrons. The van der Waals surface area contributed by atoms with Gasteiger partial charge < -0.3 is 24.4 Å². The zero-order chi connectivity index (χ0) is 21.1. The summed E-state index contributed by atoms with van der Waals surface area (Å²) >= 11 is 5.89. The van der Waals surface area contributed by atoms with Gasteiger partial charge in [0.1, 0.15) is 24.0 Å². The number of rotatable bonds is 6. The van der Waals surface area contributed by atoms with Crippen LogP contribution in [0, 0.1) is 0 Å². The van der Waals surface area contributed by atoms with Gasteiger partial charge in [0, 0.05) is 31.0 Å². The first-order valence-electron chi connectivity index (χ1n) is 9.70. The summed E-state index contributed by atoms with van der Waals surface area (Å²) in [6.45, 7) is 1.32. The van der Waals surface area contributed by atoms with Gasteiger partial charge in [-0.2, -0.15) is 0 Å². The number of carbonyl (C=O) groups excluding carboxylic acids is 2. The topological polar surface area (TPSA) is 90.0 Å². The number of pyridine rings is 1. The molecule has 2 saturated heterocycles. The van der Waals surface area contributed by atoms with Crippen LogP contribution in [0.5, 0.6) is 11.6 Å². The molecule has 0 saturated carbocycles. The van der Waals surface area contributed by atoms with Gasteiger partial charge in [-0.3, -0.25) is 4.79 Å². The van der Waals surface area contributed by atoms with Crippen LogP contribution >= 0.6 is 11.6 Å². The molecule has 8 nitrogen and oxygen atoms in total. The van der Waals surface area contributed by atoms with E-state index in [0.29, 0.717) is 48.9 Å². The average molecular weight is 432 g/mol. The van der Waals surface area contributed by atoms with Gasteiger partial charge in [0.25, 0.3) is 5.91 Å². The van der Waals surface area contributed by atoms with Crippen molar-refractivity contribution in [2.75, 3.05) is 20.3 Å². The Kier molecular flexibility index (Phi) is 5.94. The Morgan fingerprint density at radius 2 is 2.17 bits per heavy atom. The molecule has 2 fully saturated rings. The van der Waals surface area contributed by atoms with Crippen molar-refractivity contribution in [2.45, 2.75) is 31.5 Å². The molecule has 2 aliphatic rings. The molecule has 0 unspecified atom stereocenters. The van der Waals surface area contributed by atoms with Crippen molar-refractivity contribution >= 4 is 23.6 Å². The number of amides is 2. The number of ether oxygens (including phenoxy) is 3. The zero-order valence-corrected chi connectivity index (χ0v) is 17.2. The van der Waals surface area contributed by atoms with E-state index in [0.717, 1.165) is 5.56 Å². The molecular weight excluding hydrogens is 410 g/mol. The van der Waals surface area contributed by atoms with Crippen molar-refractivity contribution in [3.05, 3.63) is 52.7 Å². The van der Waals surface area contributed by atoms with Gasteiger partial charge in [-0.05, 0) is 23.8 Å². The van der Waals surface area contributed by atoms with Crippen LogP contribution in [0.3, 0.4) is 0 Å². The van der Waals surface area contributed by atoms with E-state index in [1.54, 1.807) is 23.1 Å². The minimum atomic E-state index is -0.315. The highest BCUT2D eigenvalue weighted by Crippen LogP contribution is 2.28. The molecule has 1 aromatic heterocycles. The van der Waals surface area contributed by atoms with Crippen molar-refractivity contribution in [3.63, 3.8) is 0 Å². The number of hydrogen-bond donors (Lipinski definition) is 1. The molecule has 2 atom stereocenters. The van der Waals surface area contributed by atoms with Crippen LogP contribution in [0.15, 0.2) is 36.5 Å². The second kappa shape index (κ2) is 8.79. The van der Waals surface area contributed by atoms with E-state index in [4.69, 9.17) is 25.8 Å². The second-order valence-electron chi connectivity index (χ2n) is 7.23. The molecular formula is C21H22ClN3O5. The minimum absolute atomic E-state index is 0.0320. The Hall–Kier alpha value is -3.00. The largest absolute Gasteiger partial charge is 0.489 e. The minimum Gasteiger partial charge on any atom is -0.489 e. The van der Waals surface area contributed by atoms with Crippen molar-refractivity contribution in [1.29, 1.82) is 0 Å². The predicted octanol–water partition coefficient (Wildman–Crippen LogP) is 3.04. The number of fused-ring (bicyclic) bond motifs is 1. The molecule has 1 N–H and O–H groups in total. The highest BCUT2D eigenvalue weighted by Gasteiger charge is 2.39. The molecule has 2 aromatic rings. The van der Waals surface area contributed by atoms with E-state index in [2.05, 4.69) is 10.3 Å². The normalized spacial score (nSPS) is 20.3. The first kappa shape index (κ1) is 20.3. The Morgan fingerprint density at radius 1 is 1.37 bits per heavy atom. The van der Waals surface area contributed by atoms with Crippen molar-refractivity contribution < 1.29 is 23.8 Å². The SMILES string of the molecule is COc1ncc(O[C@H]2CCN3C(=O)OC[C@@H]3C2)cc1C(=O)NCc1ccc(Cl)cc1. The first-order chi connectivity index (χ1) is 14.5. The molecule has 0 aliphatic carbocycles. The second-order valence-corrected chi connectivity index (χ2v) is 7.66. The van der Waals surface area contributed by atoms with Gasteiger partial charge in [0.05, 0.1) is 19.3 Å². The lowest BCUT2D eigenvalue weighted by atomic mass is 10.0. The molecule has 2 aliphatic heterocycles. The lowest BCUT2D eigenvalue weighted by Gasteiger charge is -2.32. The predicted molar refractivity (Wildman–Crippen MR) is 109 cm³/mol. The Labute approximate surface area is 179 Å². The quantitative estimate of drug-likeness (QED) is 0.756. The smallest absolute Gasteiger partial charge is 0.410 e. The fourth-order valence-corrected chi connectivity index (χ4v) is 3.79. The number of hydrogen-bond acceptors (Lipinski definition) is 6. The average Bonchev–Trinajstić information content (AvgIpc) is 3.13. The third-order valence-corrected chi connectivity index (χ3v) is 5.49. The molecule has 1 aromatic carbocycles. The summed E-state index contributed by atoms with van der Waals surface area (Å²) in [6.07, 6.45) is 2.56. The highest BCUT2D eigenvalue weighted by molar-refractivity contribution is 6.30. The summed E-state index contributed by atoms with van der Waals surface area (Å²) in [5, 5.41) is 3.50. The number of benzene rings is 1. The lowest BCUT2D eigenvalue weighted by Crippen LogP contribution is -2.44. The van der Waals surface area contributed by atoms with E-state index in [1.165, 1.54) is 13.3 Å². The van der Waals surface area contributed by atoms with E-state index in [1.807, 2.05) is 12.1 Å². The van der Waals surface area contributed by atoms with Crippen molar-refractivity contribution in [2.24, 2.45) is 0 Å². The molecule has 4 rings (SSSR count). The van der Waals surface area contributed by atoms with Gasteiger partial charge in [-0.15, -0.1) is 0 Å². The Bertz CT molecular complexity index is 937. The molecule has 3 heterocycles. The molecule has 158 valence electrons. The standard InChI is InChI=1S/C21H22ClN3O5/c1-28-20-18(19(26)23-10-13-2-4-14(22)5-3-13)9-17(11-24-20)30-16-6-7-25-15(8-16)12-29-21(25)27/h2-5,9,11,15-16H,6-8,10,12H2,1H3,(H,23,26)/t15-,16-/m0/s1. The molecule has 2 amide bonds. The summed E-state index contributed by atoms with van der Waals surface area (Å²) in [7, 11) is 1.46. The summed E-state index contributed by atoms with van der Waals surface area (Å²) in [5.41, 5.74) is 1.22. The van der Waals surface area contributed by atoms with Crippen LogP contribution in [-0.2, 0) is 11.3 Å². The molecule has 30 heavy (non-hydrogen) atoms. The highest BCUT2D eigenvalue weighted by atomic mass is 35.5. The fourth-order valence-electron chi connectivity index (χ4n) is 3.67. The Morgan fingerprint density at radius 3 is 2.93 bits per heavy atom. The number of piperidine rings is 1. The van der Waals surface area contributed by atoms with E-state index >= 15 is 0 Å². The summed E-state index contributed by atoms with van der Waals surface area (Å²) in [6, 6.07) is 8.90. The van der Waals surface area contributed by atoms with Crippen molar-refractivity contribution in [1.82, 2.24) is 15.2 Å². The van der Waals surface area contributed by atoms with Crippen LogP contribution in [0.1, 0.15) is 28.8 Å². The monoisotopic (exact) mass is 431 g/mol. The van der Waals surface area contributed by atoms with Crippen LogP contribution in [-0.4, -0.2) is 54.3 Å². The third kappa shape index (κ3) is 4.43. The van der Waals surface area contributed by atoms with Crippen molar-refractivity contribution in [3.8, 4) is 11.6 Å². The zero-order valence-electron chi connectivity index (χ0n) is 16.5. The van der Waals surface area contributed by atoms with E-state index in [9.17, 15) is 9.59 Å². The summed E-state index contributed by atoms with van der Waals surface area (Å²) in [4.78, 5) is 30.3. The van der Waals surface area contributed by atoms with Gasteiger partial charge in [0.2, 0.25) is 5.88 Å². The number of halogens is 1. The van der Waals surface area contributed by atoms with Crippen LogP contribution in [0.2, 0.25) is 5.02 Å². The number of cyclic esters (lactones) is 1. The summed E-state index contributed by atoms with van der Waals surface area (Å²) in [5.74, 6) is 0.390. The lowest BCUT2D eigenvalue weighted by molar-refractivity contribution is 0.0909. The van der Waals surface area contributed by atoms with Gasteiger partial charge in [-0.1, -0.05) is 23.7 Å². The van der Waals surface area contributed by atoms with E-state index in [-0.39, 0.29) is 30.0 Å². The van der Waals surface area contributed by atoms with Crippen LogP contribution < -0.4 is 14.8 Å². The maximum Gasteiger partial charge on any atom is 0.410 e. The first-order valence-corrected chi connectivity index (χ1v) is 10.1. The van der Waals surface area contributed by atoms with Gasteiger partial charge in [0.15, 0.2) is 0 Å². The van der Waals surface area contributed by atoms with Crippen LogP contribution in [0.25, 0.3) is 0 Å². The molecule has 9 heteroatoms. The van der Waals surface area contributed by atoms with Crippen LogP contribution in [0.4, 0.5) is 4.79 Å². The van der Waals surface area contributed by atoms with E-state index < -0.39 is 0 Å². The Balaban J connectivity index is 1.41. The fraction of sp³-hybridized carbons (Fsp3) is 0.381. The molecule has 0 bridgehead atoms. The maximum atomic E-state index is 12.7. The van der Waals surface area contributed by atoms with Gasteiger partial charge in [-0.25, -0.2) is 9.78 Å². The summed E-state index contributed by atoms with van der Waals surface area (Å²) < 4.78 is 16.4. The van der Waals surface area contributed by atoms with Gasteiger partial charge >= 0.3 is 6.09 Å². The number of nitrogens with one attached hydrogen (secondary N) is 1. The maximum absolute atomic E-state index is 12.7. The number of carbonyl (C=O) groups is 2. The number of methoxy groups -OCH3 is 1. The number of nitrogens with zero attached hydrogens (tertiary/aromatic N) is 2. The number of aromatic nitrogens is 1.